The molecule has 0 radical (unpaired) electrons. The van der Waals surface area contributed by atoms with Gasteiger partial charge in [0.05, 0.1) is 21.3 Å². The highest BCUT2D eigenvalue weighted by molar-refractivity contribution is 6.34. The van der Waals surface area contributed by atoms with E-state index in [-0.39, 0.29) is 11.6 Å². The summed E-state index contributed by atoms with van der Waals surface area (Å²) in [6, 6.07) is 8.33. The number of halogens is 1. The highest BCUT2D eigenvalue weighted by Gasteiger charge is 2.27. The predicted molar refractivity (Wildman–Crippen MR) is 92.1 cm³/mol. The third kappa shape index (κ3) is 3.54. The molecule has 0 spiro atoms. The van der Waals surface area contributed by atoms with Crippen LogP contribution in [0.3, 0.4) is 0 Å². The molecule has 24 heavy (non-hydrogen) atoms. The van der Waals surface area contributed by atoms with Gasteiger partial charge in [-0.15, -0.1) is 0 Å². The first-order valence-electron chi connectivity index (χ1n) is 7.64. The van der Waals surface area contributed by atoms with Crippen LogP contribution in [0.2, 0.25) is 5.02 Å². The van der Waals surface area contributed by atoms with E-state index in [4.69, 9.17) is 11.6 Å². The Morgan fingerprint density at radius 1 is 1.38 bits per heavy atom. The van der Waals surface area contributed by atoms with Gasteiger partial charge in [-0.2, -0.15) is 0 Å². The molecular weight excluding hydrogens is 330 g/mol. The van der Waals surface area contributed by atoms with Crippen LogP contribution in [0.1, 0.15) is 19.8 Å². The van der Waals surface area contributed by atoms with Gasteiger partial charge in [-0.3, -0.25) is 14.9 Å². The second-order valence-corrected chi connectivity index (χ2v) is 6.31. The Kier molecular flexibility index (Phi) is 4.49. The summed E-state index contributed by atoms with van der Waals surface area (Å²) in [6.45, 7) is 2.22. The molecule has 6 nitrogen and oxygen atoms in total. The van der Waals surface area contributed by atoms with Crippen LogP contribution >= 0.6 is 11.6 Å². The predicted octanol–water partition coefficient (Wildman–Crippen LogP) is 4.07. The second-order valence-electron chi connectivity index (χ2n) is 5.90. The zero-order valence-electron chi connectivity index (χ0n) is 13.1. The van der Waals surface area contributed by atoms with Crippen LogP contribution in [-0.4, -0.2) is 22.4 Å². The van der Waals surface area contributed by atoms with Crippen LogP contribution in [-0.2, 0) is 4.79 Å². The molecule has 1 amide bonds. The number of benzene rings is 1. The minimum Gasteiger partial charge on any atom is -0.311 e. The van der Waals surface area contributed by atoms with Crippen molar-refractivity contribution >= 4 is 28.9 Å². The van der Waals surface area contributed by atoms with Gasteiger partial charge in [0.2, 0.25) is 5.91 Å². The average molecular weight is 346 g/mol. The summed E-state index contributed by atoms with van der Waals surface area (Å²) in [5.41, 5.74) is 1.95. The number of nitro groups is 1. The lowest BCUT2D eigenvalue weighted by molar-refractivity contribution is -0.385. The first kappa shape index (κ1) is 16.4. The maximum atomic E-state index is 11.9. The second kappa shape index (κ2) is 6.57. The molecular formula is C17H16ClN3O3. The van der Waals surface area contributed by atoms with Crippen molar-refractivity contribution in [1.82, 2.24) is 4.98 Å². The Balaban J connectivity index is 1.88. The van der Waals surface area contributed by atoms with Gasteiger partial charge < -0.3 is 4.90 Å². The molecule has 0 atom stereocenters. The van der Waals surface area contributed by atoms with E-state index >= 15 is 0 Å². The van der Waals surface area contributed by atoms with Gasteiger partial charge in [0, 0.05) is 25.1 Å². The molecule has 0 aliphatic heterocycles. The summed E-state index contributed by atoms with van der Waals surface area (Å²) < 4.78 is 0. The van der Waals surface area contributed by atoms with Crippen LogP contribution in [0.25, 0.3) is 11.3 Å². The quantitative estimate of drug-likeness (QED) is 0.604. The van der Waals surface area contributed by atoms with Crippen molar-refractivity contribution in [3.8, 4) is 11.3 Å². The normalized spacial score (nSPS) is 13.6. The standard InChI is InChI=1S/C17H16ClN3O3/c1-11(22)20(10-12-2-3-12)17-7-4-13(8-15(17)18)16-6-5-14(9-19-16)21(23)24/h4-9,12H,2-3,10H2,1H3. The lowest BCUT2D eigenvalue weighted by atomic mass is 10.1. The van der Waals surface area contributed by atoms with Crippen LogP contribution in [0.4, 0.5) is 11.4 Å². The van der Waals surface area contributed by atoms with Gasteiger partial charge in [-0.05, 0) is 37.0 Å². The number of anilines is 1. The fourth-order valence-corrected chi connectivity index (χ4v) is 2.79. The number of aromatic nitrogens is 1. The van der Waals surface area contributed by atoms with E-state index in [1.54, 1.807) is 23.1 Å². The molecule has 0 unspecified atom stereocenters. The van der Waals surface area contributed by atoms with Gasteiger partial charge in [0.25, 0.3) is 5.69 Å². The third-order valence-electron chi connectivity index (χ3n) is 4.01. The molecule has 7 heteroatoms. The molecule has 1 aromatic heterocycles. The zero-order valence-corrected chi connectivity index (χ0v) is 13.9. The van der Waals surface area contributed by atoms with Crippen molar-refractivity contribution in [2.75, 3.05) is 11.4 Å². The molecule has 0 saturated heterocycles. The average Bonchev–Trinajstić information content (AvgIpc) is 3.37. The van der Waals surface area contributed by atoms with Crippen LogP contribution < -0.4 is 4.90 Å². The van der Waals surface area contributed by atoms with Gasteiger partial charge in [-0.1, -0.05) is 17.7 Å². The minimum atomic E-state index is -0.491. The first-order valence-corrected chi connectivity index (χ1v) is 8.02. The summed E-state index contributed by atoms with van der Waals surface area (Å²) in [6.07, 6.45) is 3.50. The van der Waals surface area contributed by atoms with Gasteiger partial charge in [0.1, 0.15) is 6.20 Å². The summed E-state index contributed by atoms with van der Waals surface area (Å²) in [4.78, 5) is 27.9. The highest BCUT2D eigenvalue weighted by Crippen LogP contribution is 2.35. The molecule has 2 aromatic rings. The fourth-order valence-electron chi connectivity index (χ4n) is 2.51. The molecule has 1 aliphatic rings. The van der Waals surface area contributed by atoms with Crippen molar-refractivity contribution in [3.63, 3.8) is 0 Å². The Bertz CT molecular complexity index is 788. The number of pyridine rings is 1. The van der Waals surface area contributed by atoms with Crippen molar-refractivity contribution in [2.24, 2.45) is 5.92 Å². The molecule has 1 heterocycles. The van der Waals surface area contributed by atoms with Gasteiger partial charge >= 0.3 is 0 Å². The van der Waals surface area contributed by atoms with E-state index in [1.807, 2.05) is 6.07 Å². The van der Waals surface area contributed by atoms with Crippen molar-refractivity contribution < 1.29 is 9.72 Å². The van der Waals surface area contributed by atoms with E-state index in [9.17, 15) is 14.9 Å². The van der Waals surface area contributed by atoms with E-state index < -0.39 is 4.92 Å². The maximum Gasteiger partial charge on any atom is 0.287 e. The molecule has 1 aliphatic carbocycles. The SMILES string of the molecule is CC(=O)N(CC1CC1)c1ccc(-c2ccc([N+](=O)[O-])cn2)cc1Cl. The molecule has 0 N–H and O–H groups in total. The fraction of sp³-hybridized carbons (Fsp3) is 0.294. The number of hydrogen-bond acceptors (Lipinski definition) is 4. The molecule has 1 fully saturated rings. The number of carbonyl (C=O) groups is 1. The number of hydrogen-bond donors (Lipinski definition) is 0. The Labute approximate surface area is 144 Å². The lowest BCUT2D eigenvalue weighted by Crippen LogP contribution is -2.30. The van der Waals surface area contributed by atoms with E-state index in [0.29, 0.717) is 28.9 Å². The monoisotopic (exact) mass is 345 g/mol. The maximum absolute atomic E-state index is 11.9. The third-order valence-corrected chi connectivity index (χ3v) is 4.31. The number of amides is 1. The largest absolute Gasteiger partial charge is 0.311 e. The van der Waals surface area contributed by atoms with Crippen LogP contribution in [0.15, 0.2) is 36.5 Å². The highest BCUT2D eigenvalue weighted by atomic mass is 35.5. The Morgan fingerprint density at radius 3 is 2.62 bits per heavy atom. The van der Waals surface area contributed by atoms with Crippen LogP contribution in [0.5, 0.6) is 0 Å². The molecule has 1 aromatic carbocycles. The summed E-state index contributed by atoms with van der Waals surface area (Å²) in [5.74, 6) is 0.519. The van der Waals surface area contributed by atoms with E-state index in [1.165, 1.54) is 19.2 Å². The van der Waals surface area contributed by atoms with E-state index in [2.05, 4.69) is 4.98 Å². The molecule has 124 valence electrons. The molecule has 0 bridgehead atoms. The molecule has 1 saturated carbocycles. The summed E-state index contributed by atoms with van der Waals surface area (Å²) in [5, 5.41) is 11.1. The Hall–Kier alpha value is -2.47. The summed E-state index contributed by atoms with van der Waals surface area (Å²) in [7, 11) is 0. The first-order chi connectivity index (χ1) is 11.5. The Morgan fingerprint density at radius 2 is 2.12 bits per heavy atom. The zero-order chi connectivity index (χ0) is 17.3. The minimum absolute atomic E-state index is 0.0370. The topological polar surface area (TPSA) is 76.3 Å². The number of rotatable bonds is 5. The van der Waals surface area contributed by atoms with Crippen molar-refractivity contribution in [1.29, 1.82) is 0 Å². The summed E-state index contributed by atoms with van der Waals surface area (Å²) >= 11 is 6.37. The number of nitrogens with zero attached hydrogens (tertiary/aromatic N) is 3. The van der Waals surface area contributed by atoms with Gasteiger partial charge in [-0.25, -0.2) is 4.98 Å². The van der Waals surface area contributed by atoms with Crippen molar-refractivity contribution in [3.05, 3.63) is 51.7 Å². The van der Waals surface area contributed by atoms with Crippen molar-refractivity contribution in [2.45, 2.75) is 19.8 Å². The smallest absolute Gasteiger partial charge is 0.287 e. The van der Waals surface area contributed by atoms with Crippen LogP contribution in [0, 0.1) is 16.0 Å². The molecule has 3 rings (SSSR count). The van der Waals surface area contributed by atoms with Gasteiger partial charge in [0.15, 0.2) is 0 Å². The number of carbonyl (C=O) groups excluding carboxylic acids is 1. The van der Waals surface area contributed by atoms with E-state index in [0.717, 1.165) is 18.4 Å². The lowest BCUT2D eigenvalue weighted by Gasteiger charge is -2.22.